The average Bonchev–Trinajstić information content (AvgIpc) is 2.37. The van der Waals surface area contributed by atoms with Crippen LogP contribution in [0.4, 0.5) is 5.82 Å². The van der Waals surface area contributed by atoms with Gasteiger partial charge >= 0.3 is 0 Å². The van der Waals surface area contributed by atoms with E-state index in [1.165, 1.54) is 0 Å². The van der Waals surface area contributed by atoms with Crippen molar-refractivity contribution in [2.45, 2.75) is 13.5 Å². The zero-order valence-corrected chi connectivity index (χ0v) is 10.6. The maximum absolute atomic E-state index is 11.5. The number of pyridine rings is 1. The van der Waals surface area contributed by atoms with Crippen molar-refractivity contribution >= 4 is 11.7 Å². The minimum atomic E-state index is -0.0855. The van der Waals surface area contributed by atoms with Gasteiger partial charge in [0.15, 0.2) is 0 Å². The van der Waals surface area contributed by atoms with E-state index in [1.807, 2.05) is 31.0 Å². The van der Waals surface area contributed by atoms with Crippen LogP contribution >= 0.6 is 0 Å². The molecule has 1 heterocycles. The summed E-state index contributed by atoms with van der Waals surface area (Å²) in [5.41, 5.74) is 6.64. The smallest absolute Gasteiger partial charge is 0.224 e. The molecule has 0 aliphatic heterocycles. The molecule has 0 saturated carbocycles. The topological polar surface area (TPSA) is 71.2 Å². The number of nitrogens with one attached hydrogen (secondary N) is 1. The Morgan fingerprint density at radius 1 is 1.65 bits per heavy atom. The first-order valence-corrected chi connectivity index (χ1v) is 5.66. The van der Waals surface area contributed by atoms with Gasteiger partial charge in [0.25, 0.3) is 0 Å². The monoisotopic (exact) mass is 236 g/mol. The van der Waals surface area contributed by atoms with Gasteiger partial charge in [-0.15, -0.1) is 0 Å². The summed E-state index contributed by atoms with van der Waals surface area (Å²) in [7, 11) is 3.56. The zero-order chi connectivity index (χ0) is 12.8. The van der Waals surface area contributed by atoms with Gasteiger partial charge in [-0.1, -0.05) is 13.0 Å². The summed E-state index contributed by atoms with van der Waals surface area (Å²) in [4.78, 5) is 17.7. The normalized spacial score (nSPS) is 12.0. The number of anilines is 1. The van der Waals surface area contributed by atoms with Crippen molar-refractivity contribution in [1.29, 1.82) is 0 Å². The van der Waals surface area contributed by atoms with Crippen molar-refractivity contribution in [3.05, 3.63) is 23.9 Å². The molecule has 5 nitrogen and oxygen atoms in total. The van der Waals surface area contributed by atoms with Crippen LogP contribution in [-0.2, 0) is 11.3 Å². The number of amides is 1. The van der Waals surface area contributed by atoms with E-state index in [2.05, 4.69) is 10.3 Å². The van der Waals surface area contributed by atoms with Crippen molar-refractivity contribution in [3.63, 3.8) is 0 Å². The molecule has 0 radical (unpaired) electrons. The zero-order valence-electron chi connectivity index (χ0n) is 10.6. The lowest BCUT2D eigenvalue weighted by Crippen LogP contribution is -2.35. The molecule has 0 bridgehead atoms. The molecule has 0 aliphatic carbocycles. The van der Waals surface area contributed by atoms with E-state index >= 15 is 0 Å². The highest BCUT2D eigenvalue weighted by atomic mass is 16.1. The molecule has 0 aliphatic rings. The lowest BCUT2D eigenvalue weighted by atomic mass is 10.1. The highest BCUT2D eigenvalue weighted by molar-refractivity contribution is 5.78. The van der Waals surface area contributed by atoms with Gasteiger partial charge < -0.3 is 16.0 Å². The van der Waals surface area contributed by atoms with E-state index in [-0.39, 0.29) is 11.8 Å². The lowest BCUT2D eigenvalue weighted by Gasteiger charge is -2.23. The molecule has 1 aromatic rings. The van der Waals surface area contributed by atoms with Gasteiger partial charge in [-0.3, -0.25) is 4.79 Å². The molecule has 0 fully saturated rings. The molecule has 1 aromatic heterocycles. The molecule has 1 rings (SSSR count). The second-order valence-electron chi connectivity index (χ2n) is 4.09. The molecular formula is C12H20N4O. The van der Waals surface area contributed by atoms with E-state index in [0.717, 1.165) is 11.4 Å². The standard InChI is InChI=1S/C12H20N4O/c1-9(12(17)14-2)8-16(3)11-10(7-13)5-4-6-15-11/h4-6,9H,7-8,13H2,1-3H3,(H,14,17). The van der Waals surface area contributed by atoms with Crippen LogP contribution in [0, 0.1) is 5.92 Å². The highest BCUT2D eigenvalue weighted by Gasteiger charge is 2.15. The Morgan fingerprint density at radius 2 is 2.35 bits per heavy atom. The highest BCUT2D eigenvalue weighted by Crippen LogP contribution is 2.16. The third kappa shape index (κ3) is 3.42. The Labute approximate surface area is 102 Å². The minimum absolute atomic E-state index is 0.0297. The largest absolute Gasteiger partial charge is 0.359 e. The van der Waals surface area contributed by atoms with Gasteiger partial charge in [0.2, 0.25) is 5.91 Å². The fourth-order valence-electron chi connectivity index (χ4n) is 1.76. The van der Waals surface area contributed by atoms with Gasteiger partial charge in [0, 0.05) is 38.9 Å². The van der Waals surface area contributed by atoms with Crippen LogP contribution < -0.4 is 16.0 Å². The van der Waals surface area contributed by atoms with Crippen molar-refractivity contribution in [1.82, 2.24) is 10.3 Å². The number of hydrogen-bond donors (Lipinski definition) is 2. The third-order valence-electron chi connectivity index (χ3n) is 2.69. The quantitative estimate of drug-likeness (QED) is 0.774. The SMILES string of the molecule is CNC(=O)C(C)CN(C)c1ncccc1CN. The molecule has 0 aromatic carbocycles. The summed E-state index contributed by atoms with van der Waals surface area (Å²) in [6.45, 7) is 2.95. The summed E-state index contributed by atoms with van der Waals surface area (Å²) in [5.74, 6) is 0.783. The molecule has 0 saturated heterocycles. The van der Waals surface area contributed by atoms with Gasteiger partial charge in [-0.2, -0.15) is 0 Å². The fraction of sp³-hybridized carbons (Fsp3) is 0.500. The summed E-state index contributed by atoms with van der Waals surface area (Å²) in [6, 6.07) is 3.81. The van der Waals surface area contributed by atoms with E-state index in [9.17, 15) is 4.79 Å². The van der Waals surface area contributed by atoms with Gasteiger partial charge in [-0.25, -0.2) is 4.98 Å². The Bertz CT molecular complexity index is 381. The number of carbonyl (C=O) groups excluding carboxylic acids is 1. The first-order valence-electron chi connectivity index (χ1n) is 5.66. The summed E-state index contributed by atoms with van der Waals surface area (Å²) < 4.78 is 0. The molecule has 94 valence electrons. The number of aromatic nitrogens is 1. The Balaban J connectivity index is 2.75. The Kier molecular flexibility index (Phi) is 4.90. The van der Waals surface area contributed by atoms with E-state index in [4.69, 9.17) is 5.73 Å². The van der Waals surface area contributed by atoms with Crippen LogP contribution in [-0.4, -0.2) is 31.5 Å². The van der Waals surface area contributed by atoms with E-state index in [1.54, 1.807) is 13.2 Å². The average molecular weight is 236 g/mol. The molecule has 5 heteroatoms. The number of hydrogen-bond acceptors (Lipinski definition) is 4. The number of carbonyl (C=O) groups is 1. The second-order valence-corrected chi connectivity index (χ2v) is 4.09. The maximum Gasteiger partial charge on any atom is 0.224 e. The van der Waals surface area contributed by atoms with Crippen molar-refractivity contribution < 1.29 is 4.79 Å². The Hall–Kier alpha value is -1.62. The molecule has 1 amide bonds. The van der Waals surface area contributed by atoms with E-state index in [0.29, 0.717) is 13.1 Å². The van der Waals surface area contributed by atoms with Gasteiger partial charge in [0.05, 0.1) is 5.92 Å². The fourth-order valence-corrected chi connectivity index (χ4v) is 1.76. The molecular weight excluding hydrogens is 216 g/mol. The van der Waals surface area contributed by atoms with Crippen LogP contribution in [0.2, 0.25) is 0 Å². The van der Waals surface area contributed by atoms with Crippen LogP contribution in [0.3, 0.4) is 0 Å². The summed E-state index contributed by atoms with van der Waals surface area (Å²) in [6.07, 6.45) is 1.73. The number of rotatable bonds is 5. The lowest BCUT2D eigenvalue weighted by molar-refractivity contribution is -0.123. The predicted octanol–water partition coefficient (Wildman–Crippen LogP) is 0.359. The van der Waals surface area contributed by atoms with E-state index < -0.39 is 0 Å². The summed E-state index contributed by atoms with van der Waals surface area (Å²) >= 11 is 0. The van der Waals surface area contributed by atoms with Crippen molar-refractivity contribution in [2.24, 2.45) is 11.7 Å². The molecule has 3 N–H and O–H groups in total. The first-order chi connectivity index (χ1) is 8.10. The molecule has 1 atom stereocenters. The molecule has 1 unspecified atom stereocenters. The van der Waals surface area contributed by atoms with Crippen LogP contribution in [0.25, 0.3) is 0 Å². The molecule has 17 heavy (non-hydrogen) atoms. The van der Waals surface area contributed by atoms with Crippen LogP contribution in [0.1, 0.15) is 12.5 Å². The van der Waals surface area contributed by atoms with Gasteiger partial charge in [0.1, 0.15) is 5.82 Å². The Morgan fingerprint density at radius 3 is 2.94 bits per heavy atom. The first kappa shape index (κ1) is 13.4. The number of nitrogens with two attached hydrogens (primary N) is 1. The predicted molar refractivity (Wildman–Crippen MR) is 68.6 cm³/mol. The number of nitrogens with zero attached hydrogens (tertiary/aromatic N) is 2. The second kappa shape index (κ2) is 6.20. The van der Waals surface area contributed by atoms with Crippen molar-refractivity contribution in [3.8, 4) is 0 Å². The minimum Gasteiger partial charge on any atom is -0.359 e. The van der Waals surface area contributed by atoms with Gasteiger partial charge in [-0.05, 0) is 6.07 Å². The molecule has 0 spiro atoms. The van der Waals surface area contributed by atoms with Crippen molar-refractivity contribution in [2.75, 3.05) is 25.5 Å². The third-order valence-corrected chi connectivity index (χ3v) is 2.69. The van der Waals surface area contributed by atoms with Crippen LogP contribution in [0.15, 0.2) is 18.3 Å². The van der Waals surface area contributed by atoms with Crippen LogP contribution in [0.5, 0.6) is 0 Å². The maximum atomic E-state index is 11.5. The summed E-state index contributed by atoms with van der Waals surface area (Å²) in [5, 5.41) is 2.64.